The van der Waals surface area contributed by atoms with Crippen LogP contribution in [0.15, 0.2) is 53.1 Å². The lowest BCUT2D eigenvalue weighted by Crippen LogP contribution is -2.46. The van der Waals surface area contributed by atoms with Gasteiger partial charge in [-0.15, -0.1) is 0 Å². The first kappa shape index (κ1) is 19.8. The maximum atomic E-state index is 10.8. The van der Waals surface area contributed by atoms with Gasteiger partial charge < -0.3 is 14.2 Å². The van der Waals surface area contributed by atoms with Gasteiger partial charge in [0.1, 0.15) is 5.75 Å². The SMILES string of the molecule is CCOc1ccccc1-c1noc(CN2CCN(c3ccc([N+](=O)[O-])cc3)CC2)n1. The number of piperazine rings is 1. The van der Waals surface area contributed by atoms with Gasteiger partial charge in [-0.25, -0.2) is 0 Å². The van der Waals surface area contributed by atoms with E-state index in [1.165, 1.54) is 0 Å². The Labute approximate surface area is 174 Å². The minimum absolute atomic E-state index is 0.107. The molecule has 156 valence electrons. The monoisotopic (exact) mass is 409 g/mol. The maximum Gasteiger partial charge on any atom is 0.269 e. The third-order valence-electron chi connectivity index (χ3n) is 5.05. The zero-order valence-electron chi connectivity index (χ0n) is 16.7. The molecule has 0 amide bonds. The molecule has 4 rings (SSSR count). The number of nitro groups is 1. The molecule has 1 aliphatic rings. The molecule has 30 heavy (non-hydrogen) atoms. The van der Waals surface area contributed by atoms with Crippen molar-refractivity contribution in [3.8, 4) is 17.1 Å². The Hall–Kier alpha value is -3.46. The predicted octanol–water partition coefficient (Wildman–Crippen LogP) is 3.37. The molecule has 3 aromatic rings. The topological polar surface area (TPSA) is 97.8 Å². The van der Waals surface area contributed by atoms with Crippen LogP contribution in [0, 0.1) is 10.1 Å². The molecule has 0 saturated carbocycles. The Morgan fingerprint density at radius 3 is 2.53 bits per heavy atom. The van der Waals surface area contributed by atoms with Crippen molar-refractivity contribution in [2.24, 2.45) is 0 Å². The van der Waals surface area contributed by atoms with Gasteiger partial charge in [0.2, 0.25) is 11.7 Å². The van der Waals surface area contributed by atoms with E-state index in [2.05, 4.69) is 19.9 Å². The molecule has 0 aliphatic carbocycles. The van der Waals surface area contributed by atoms with E-state index >= 15 is 0 Å². The fourth-order valence-corrected chi connectivity index (χ4v) is 3.50. The van der Waals surface area contributed by atoms with Crippen LogP contribution in [-0.2, 0) is 6.54 Å². The van der Waals surface area contributed by atoms with E-state index in [1.54, 1.807) is 24.3 Å². The van der Waals surface area contributed by atoms with Gasteiger partial charge in [0.05, 0.1) is 23.6 Å². The first-order valence-corrected chi connectivity index (χ1v) is 9.90. The summed E-state index contributed by atoms with van der Waals surface area (Å²) in [5.41, 5.74) is 1.92. The summed E-state index contributed by atoms with van der Waals surface area (Å²) in [6.07, 6.45) is 0. The molecule has 1 aliphatic heterocycles. The molecule has 2 aromatic carbocycles. The number of nitro benzene ring substituents is 1. The Morgan fingerprint density at radius 1 is 1.10 bits per heavy atom. The first-order chi connectivity index (χ1) is 14.6. The van der Waals surface area contributed by atoms with Gasteiger partial charge in [0.25, 0.3) is 5.69 Å². The lowest BCUT2D eigenvalue weighted by atomic mass is 10.2. The second-order valence-electron chi connectivity index (χ2n) is 6.98. The Morgan fingerprint density at radius 2 is 1.83 bits per heavy atom. The van der Waals surface area contributed by atoms with Crippen LogP contribution < -0.4 is 9.64 Å². The number of non-ortho nitro benzene ring substituents is 1. The molecular formula is C21H23N5O4. The highest BCUT2D eigenvalue weighted by molar-refractivity contribution is 5.63. The molecule has 0 N–H and O–H groups in total. The number of anilines is 1. The van der Waals surface area contributed by atoms with Gasteiger partial charge in [-0.05, 0) is 31.2 Å². The van der Waals surface area contributed by atoms with Crippen LogP contribution in [0.25, 0.3) is 11.4 Å². The zero-order valence-corrected chi connectivity index (χ0v) is 16.7. The number of hydrogen-bond donors (Lipinski definition) is 0. The highest BCUT2D eigenvalue weighted by Gasteiger charge is 2.21. The predicted molar refractivity (Wildman–Crippen MR) is 111 cm³/mol. The van der Waals surface area contributed by atoms with Gasteiger partial charge in [-0.2, -0.15) is 4.98 Å². The molecule has 0 spiro atoms. The van der Waals surface area contributed by atoms with Crippen molar-refractivity contribution >= 4 is 11.4 Å². The normalized spacial score (nSPS) is 14.6. The lowest BCUT2D eigenvalue weighted by Gasteiger charge is -2.35. The molecule has 0 atom stereocenters. The van der Waals surface area contributed by atoms with E-state index in [1.807, 2.05) is 31.2 Å². The Kier molecular flexibility index (Phi) is 5.89. The molecule has 1 saturated heterocycles. The summed E-state index contributed by atoms with van der Waals surface area (Å²) >= 11 is 0. The van der Waals surface area contributed by atoms with Crippen LogP contribution in [0.4, 0.5) is 11.4 Å². The van der Waals surface area contributed by atoms with Crippen LogP contribution in [0.3, 0.4) is 0 Å². The van der Waals surface area contributed by atoms with Crippen LogP contribution in [0.5, 0.6) is 5.75 Å². The summed E-state index contributed by atoms with van der Waals surface area (Å²) in [4.78, 5) is 19.4. The van der Waals surface area contributed by atoms with Crippen LogP contribution in [-0.4, -0.2) is 52.7 Å². The van der Waals surface area contributed by atoms with Gasteiger partial charge in [-0.1, -0.05) is 17.3 Å². The van der Waals surface area contributed by atoms with Crippen molar-refractivity contribution in [3.63, 3.8) is 0 Å². The first-order valence-electron chi connectivity index (χ1n) is 9.90. The van der Waals surface area contributed by atoms with E-state index in [9.17, 15) is 10.1 Å². The van der Waals surface area contributed by atoms with Gasteiger partial charge >= 0.3 is 0 Å². The highest BCUT2D eigenvalue weighted by atomic mass is 16.6. The smallest absolute Gasteiger partial charge is 0.269 e. The molecule has 0 bridgehead atoms. The maximum absolute atomic E-state index is 10.8. The summed E-state index contributed by atoms with van der Waals surface area (Å²) < 4.78 is 11.1. The second kappa shape index (κ2) is 8.91. The molecule has 0 radical (unpaired) electrons. The van der Waals surface area contributed by atoms with Crippen molar-refractivity contribution in [3.05, 3.63) is 64.5 Å². The summed E-state index contributed by atoms with van der Waals surface area (Å²) in [5, 5.41) is 14.9. The molecular weight excluding hydrogens is 386 g/mol. The van der Waals surface area contributed by atoms with Gasteiger partial charge in [0.15, 0.2) is 0 Å². The molecule has 0 unspecified atom stereocenters. The third kappa shape index (κ3) is 4.41. The van der Waals surface area contributed by atoms with E-state index in [0.717, 1.165) is 43.2 Å². The molecule has 9 heteroatoms. The lowest BCUT2D eigenvalue weighted by molar-refractivity contribution is -0.384. The molecule has 9 nitrogen and oxygen atoms in total. The van der Waals surface area contributed by atoms with E-state index in [-0.39, 0.29) is 10.6 Å². The second-order valence-corrected chi connectivity index (χ2v) is 6.98. The molecule has 2 heterocycles. The summed E-state index contributed by atoms with van der Waals surface area (Å²) in [6, 6.07) is 14.3. The summed E-state index contributed by atoms with van der Waals surface area (Å²) in [7, 11) is 0. The van der Waals surface area contributed by atoms with Crippen LogP contribution in [0.1, 0.15) is 12.8 Å². The Bertz CT molecular complexity index is 997. The number of rotatable bonds is 7. The summed E-state index contributed by atoms with van der Waals surface area (Å²) in [6.45, 7) is 6.42. The van der Waals surface area contributed by atoms with E-state index < -0.39 is 0 Å². The average molecular weight is 409 g/mol. The molecule has 1 fully saturated rings. The standard InChI is InChI=1S/C21H23N5O4/c1-2-29-19-6-4-3-5-18(19)21-22-20(30-23-21)15-24-11-13-25(14-12-24)16-7-9-17(10-8-16)26(27)28/h3-10H,2,11-15H2,1H3. The van der Waals surface area contributed by atoms with Crippen LogP contribution >= 0.6 is 0 Å². The number of ether oxygens (including phenoxy) is 1. The number of para-hydroxylation sites is 1. The van der Waals surface area contributed by atoms with Gasteiger partial charge in [0, 0.05) is 44.0 Å². The van der Waals surface area contributed by atoms with E-state index in [0.29, 0.717) is 24.9 Å². The highest BCUT2D eigenvalue weighted by Crippen LogP contribution is 2.28. The number of nitrogens with zero attached hydrogens (tertiary/aromatic N) is 5. The summed E-state index contributed by atoms with van der Waals surface area (Å²) in [5.74, 6) is 1.84. The van der Waals surface area contributed by atoms with Crippen molar-refractivity contribution in [1.29, 1.82) is 0 Å². The minimum Gasteiger partial charge on any atom is -0.493 e. The van der Waals surface area contributed by atoms with Crippen molar-refractivity contribution in [2.75, 3.05) is 37.7 Å². The number of aromatic nitrogens is 2. The minimum atomic E-state index is -0.382. The van der Waals surface area contributed by atoms with Gasteiger partial charge in [-0.3, -0.25) is 15.0 Å². The fourth-order valence-electron chi connectivity index (χ4n) is 3.50. The third-order valence-corrected chi connectivity index (χ3v) is 5.05. The largest absolute Gasteiger partial charge is 0.493 e. The van der Waals surface area contributed by atoms with E-state index in [4.69, 9.17) is 9.26 Å². The fraction of sp³-hybridized carbons (Fsp3) is 0.333. The molecule has 1 aromatic heterocycles. The quantitative estimate of drug-likeness (QED) is 0.433. The number of benzene rings is 2. The number of hydrogen-bond acceptors (Lipinski definition) is 8. The van der Waals surface area contributed by atoms with Crippen molar-refractivity contribution < 1.29 is 14.2 Å². The van der Waals surface area contributed by atoms with Crippen LogP contribution in [0.2, 0.25) is 0 Å². The van der Waals surface area contributed by atoms with Crippen molar-refractivity contribution in [1.82, 2.24) is 15.0 Å². The van der Waals surface area contributed by atoms with Crippen molar-refractivity contribution in [2.45, 2.75) is 13.5 Å². The Balaban J connectivity index is 1.35. The zero-order chi connectivity index (χ0) is 20.9. The average Bonchev–Trinajstić information content (AvgIpc) is 3.23.